The minimum atomic E-state index is -4.36. The third kappa shape index (κ3) is 2.93. The van der Waals surface area contributed by atoms with Crippen LogP contribution in [0.2, 0.25) is 0 Å². The van der Waals surface area contributed by atoms with E-state index in [1.54, 1.807) is 0 Å². The highest BCUT2D eigenvalue weighted by atomic mass is 19.4. The highest BCUT2D eigenvalue weighted by Crippen LogP contribution is 2.43. The topological polar surface area (TPSA) is 34.1 Å². The molecule has 3 nitrogen and oxygen atoms in total. The summed E-state index contributed by atoms with van der Waals surface area (Å²) in [6.45, 7) is 5.67. The number of ether oxygens (including phenoxy) is 1. The number of nitrogens with zero attached hydrogens (tertiary/aromatic N) is 1. The smallest absolute Gasteiger partial charge is 0.418 e. The molecule has 2 aliphatic rings. The summed E-state index contributed by atoms with van der Waals surface area (Å²) in [6.07, 6.45) is -1.18. The van der Waals surface area contributed by atoms with E-state index in [0.717, 1.165) is 38.4 Å². The van der Waals surface area contributed by atoms with Gasteiger partial charge in [-0.3, -0.25) is 0 Å². The highest BCUT2D eigenvalue weighted by molar-refractivity contribution is 5.27. The highest BCUT2D eigenvalue weighted by Gasteiger charge is 2.44. The Bertz CT molecular complexity index is 555. The molecule has 22 heavy (non-hydrogen) atoms. The van der Waals surface area contributed by atoms with Crippen LogP contribution in [0.4, 0.5) is 13.2 Å². The summed E-state index contributed by atoms with van der Waals surface area (Å²) in [6, 6.07) is 2.39. The van der Waals surface area contributed by atoms with Gasteiger partial charge in [-0.15, -0.1) is 0 Å². The first-order valence-corrected chi connectivity index (χ1v) is 7.71. The lowest BCUT2D eigenvalue weighted by Gasteiger charge is -2.49. The number of nitrogens with one attached hydrogen (secondary N) is 1. The third-order valence-electron chi connectivity index (χ3n) is 4.99. The molecule has 1 aliphatic heterocycles. The molecule has 122 valence electrons. The maximum atomic E-state index is 12.7. The predicted octanol–water partition coefficient (Wildman–Crippen LogP) is 3.57. The molecule has 1 aromatic heterocycles. The molecule has 1 aliphatic carbocycles. The first-order valence-electron chi connectivity index (χ1n) is 7.71. The average molecular weight is 314 g/mol. The molecule has 2 unspecified atom stereocenters. The van der Waals surface area contributed by atoms with Gasteiger partial charge in [-0.25, -0.2) is 4.98 Å². The van der Waals surface area contributed by atoms with Crippen molar-refractivity contribution in [3.63, 3.8) is 0 Å². The van der Waals surface area contributed by atoms with Crippen molar-refractivity contribution in [2.45, 2.75) is 45.4 Å². The minimum Gasteiger partial charge on any atom is -0.474 e. The summed E-state index contributed by atoms with van der Waals surface area (Å²) < 4.78 is 44.1. The van der Waals surface area contributed by atoms with E-state index < -0.39 is 11.7 Å². The van der Waals surface area contributed by atoms with Crippen molar-refractivity contribution in [3.05, 3.63) is 23.4 Å². The van der Waals surface area contributed by atoms with Gasteiger partial charge in [0.1, 0.15) is 6.10 Å². The maximum Gasteiger partial charge on any atom is 0.418 e. The summed E-state index contributed by atoms with van der Waals surface area (Å²) in [4.78, 5) is 3.98. The Morgan fingerprint density at radius 3 is 2.55 bits per heavy atom. The normalized spacial score (nSPS) is 27.5. The van der Waals surface area contributed by atoms with Crippen LogP contribution in [-0.2, 0) is 6.18 Å². The molecule has 2 fully saturated rings. The molecule has 1 saturated carbocycles. The van der Waals surface area contributed by atoms with Crippen molar-refractivity contribution in [2.24, 2.45) is 11.3 Å². The summed E-state index contributed by atoms with van der Waals surface area (Å²) in [5, 5.41) is 3.32. The van der Waals surface area contributed by atoms with Gasteiger partial charge < -0.3 is 10.1 Å². The van der Waals surface area contributed by atoms with Gasteiger partial charge in [-0.05, 0) is 43.6 Å². The standard InChI is InChI=1S/C16H21F3N2O/c1-10-7-15(8-20-9-15)6-5-13(10)22-14-4-3-12(11(2)21-14)16(17,18)19/h3-4,10,13,20H,5-9H2,1-2H3. The summed E-state index contributed by atoms with van der Waals surface area (Å²) in [5.74, 6) is 0.685. The second-order valence-electron chi connectivity index (χ2n) is 6.76. The Kier molecular flexibility index (Phi) is 3.83. The molecule has 2 heterocycles. The van der Waals surface area contributed by atoms with E-state index >= 15 is 0 Å². The molecule has 3 rings (SSSR count). The second-order valence-corrected chi connectivity index (χ2v) is 6.76. The van der Waals surface area contributed by atoms with Crippen molar-refractivity contribution in [2.75, 3.05) is 13.1 Å². The fourth-order valence-electron chi connectivity index (χ4n) is 3.68. The van der Waals surface area contributed by atoms with E-state index in [9.17, 15) is 13.2 Å². The molecule has 1 N–H and O–H groups in total. The van der Waals surface area contributed by atoms with Crippen LogP contribution in [0.15, 0.2) is 12.1 Å². The van der Waals surface area contributed by atoms with Crippen LogP contribution in [0.25, 0.3) is 0 Å². The van der Waals surface area contributed by atoms with Crippen molar-refractivity contribution in [3.8, 4) is 5.88 Å². The van der Waals surface area contributed by atoms with Crippen LogP contribution in [0.5, 0.6) is 5.88 Å². The molecule has 1 saturated heterocycles. The van der Waals surface area contributed by atoms with Gasteiger partial charge in [0.15, 0.2) is 0 Å². The Hall–Kier alpha value is -1.30. The van der Waals surface area contributed by atoms with Gasteiger partial charge in [-0.2, -0.15) is 13.2 Å². The molecule has 0 aromatic carbocycles. The van der Waals surface area contributed by atoms with E-state index in [-0.39, 0.29) is 11.8 Å². The Balaban J connectivity index is 1.67. The second kappa shape index (κ2) is 5.41. The largest absolute Gasteiger partial charge is 0.474 e. The number of halogens is 3. The SMILES string of the molecule is Cc1nc(OC2CCC3(CNC3)CC2C)ccc1C(F)(F)F. The number of hydrogen-bond acceptors (Lipinski definition) is 3. The first-order chi connectivity index (χ1) is 10.3. The van der Waals surface area contributed by atoms with E-state index in [4.69, 9.17) is 4.74 Å². The summed E-state index contributed by atoms with van der Waals surface area (Å²) in [5.41, 5.74) is -0.313. The van der Waals surface area contributed by atoms with Gasteiger partial charge in [0.05, 0.1) is 11.3 Å². The summed E-state index contributed by atoms with van der Waals surface area (Å²) in [7, 11) is 0. The van der Waals surface area contributed by atoms with Crippen LogP contribution >= 0.6 is 0 Å². The maximum absolute atomic E-state index is 12.7. The van der Waals surface area contributed by atoms with E-state index in [0.29, 0.717) is 17.2 Å². The molecular weight excluding hydrogens is 293 g/mol. The number of rotatable bonds is 2. The van der Waals surface area contributed by atoms with Crippen LogP contribution < -0.4 is 10.1 Å². The van der Waals surface area contributed by atoms with Crippen molar-refractivity contribution >= 4 is 0 Å². The summed E-state index contributed by atoms with van der Waals surface area (Å²) >= 11 is 0. The number of alkyl halides is 3. The Morgan fingerprint density at radius 2 is 2.05 bits per heavy atom. The molecule has 1 aromatic rings. The molecule has 1 spiro atoms. The van der Waals surface area contributed by atoms with Crippen LogP contribution in [0.1, 0.15) is 37.4 Å². The lowest BCUT2D eigenvalue weighted by molar-refractivity contribution is -0.138. The van der Waals surface area contributed by atoms with Crippen LogP contribution in [0.3, 0.4) is 0 Å². The van der Waals surface area contributed by atoms with Crippen molar-refractivity contribution in [1.29, 1.82) is 0 Å². The molecule has 0 amide bonds. The zero-order valence-electron chi connectivity index (χ0n) is 12.8. The number of aryl methyl sites for hydroxylation is 1. The molecule has 6 heteroatoms. The van der Waals surface area contributed by atoms with Crippen LogP contribution in [-0.4, -0.2) is 24.2 Å². The predicted molar refractivity (Wildman–Crippen MR) is 76.7 cm³/mol. The monoisotopic (exact) mass is 314 g/mol. The van der Waals surface area contributed by atoms with Crippen molar-refractivity contribution < 1.29 is 17.9 Å². The molecule has 2 atom stereocenters. The first kappa shape index (κ1) is 15.6. The lowest BCUT2D eigenvalue weighted by atomic mass is 9.65. The van der Waals surface area contributed by atoms with Gasteiger partial charge in [-0.1, -0.05) is 6.92 Å². The van der Waals surface area contributed by atoms with Crippen molar-refractivity contribution in [1.82, 2.24) is 10.3 Å². The minimum absolute atomic E-state index is 0.0341. The van der Waals surface area contributed by atoms with Crippen LogP contribution in [0, 0.1) is 18.3 Å². The molecule has 0 bridgehead atoms. The quantitative estimate of drug-likeness (QED) is 0.906. The number of aromatic nitrogens is 1. The number of hydrogen-bond donors (Lipinski definition) is 1. The number of pyridine rings is 1. The molecular formula is C16H21F3N2O. The van der Waals surface area contributed by atoms with Gasteiger partial charge in [0, 0.05) is 19.2 Å². The van der Waals surface area contributed by atoms with Gasteiger partial charge >= 0.3 is 6.18 Å². The van der Waals surface area contributed by atoms with E-state index in [1.165, 1.54) is 13.0 Å². The Morgan fingerprint density at radius 1 is 1.32 bits per heavy atom. The van der Waals surface area contributed by atoms with Gasteiger partial charge in [0.25, 0.3) is 0 Å². The average Bonchev–Trinajstić information content (AvgIpc) is 2.38. The molecule has 0 radical (unpaired) electrons. The van der Waals surface area contributed by atoms with Gasteiger partial charge in [0.2, 0.25) is 5.88 Å². The zero-order chi connectivity index (χ0) is 16.0. The zero-order valence-corrected chi connectivity index (χ0v) is 12.8. The fourth-order valence-corrected chi connectivity index (χ4v) is 3.68. The fraction of sp³-hybridized carbons (Fsp3) is 0.688. The van der Waals surface area contributed by atoms with E-state index in [1.807, 2.05) is 0 Å². The third-order valence-corrected chi connectivity index (χ3v) is 4.99. The lowest BCUT2D eigenvalue weighted by Crippen LogP contribution is -2.57. The Labute approximate surface area is 128 Å². The van der Waals surface area contributed by atoms with E-state index in [2.05, 4.69) is 17.2 Å².